The Morgan fingerprint density at radius 2 is 1.79 bits per heavy atom. The highest BCUT2D eigenvalue weighted by molar-refractivity contribution is 5.89. The number of anilines is 1. The van der Waals surface area contributed by atoms with Gasteiger partial charge in [0.15, 0.2) is 11.5 Å². The minimum Gasteiger partial charge on any atom is -0.493 e. The molecule has 29 heavy (non-hydrogen) atoms. The highest BCUT2D eigenvalue weighted by atomic mass is 16.7. The second-order valence-electron chi connectivity index (χ2n) is 6.72. The number of benzene rings is 1. The summed E-state index contributed by atoms with van der Waals surface area (Å²) in [5.41, 5.74) is 2.45. The second kappa shape index (κ2) is 9.09. The molecule has 0 amide bonds. The standard InChI is InChI=1S/C21H27NO7/c1-24-16-8-13(9-17(25-2)19(16)26-3)22-10-12-6-7-14-15(20(23)27-4)11-29-21(28-5)18(12)14/h6,8-9,11,14,18,21-22H,7,10H2,1-5H3/t14?,18?,21-/m1/s1. The van der Waals surface area contributed by atoms with Crippen molar-refractivity contribution in [2.24, 2.45) is 11.8 Å². The number of fused-ring (bicyclic) bond motifs is 1. The lowest BCUT2D eigenvalue weighted by atomic mass is 9.83. The van der Waals surface area contributed by atoms with Crippen LogP contribution in [0, 0.1) is 11.8 Å². The van der Waals surface area contributed by atoms with Crippen molar-refractivity contribution < 1.29 is 33.2 Å². The summed E-state index contributed by atoms with van der Waals surface area (Å²) in [6.45, 7) is 0.553. The third-order valence-corrected chi connectivity index (χ3v) is 5.33. The molecule has 1 N–H and O–H groups in total. The molecule has 8 heteroatoms. The molecule has 0 fully saturated rings. The number of allylic oxidation sites excluding steroid dienone is 1. The summed E-state index contributed by atoms with van der Waals surface area (Å²) in [5, 5.41) is 3.39. The normalized spacial score (nSPS) is 22.6. The highest BCUT2D eigenvalue weighted by Crippen LogP contribution is 2.44. The van der Waals surface area contributed by atoms with Gasteiger partial charge in [0.2, 0.25) is 12.0 Å². The van der Waals surface area contributed by atoms with Crippen molar-refractivity contribution in [2.45, 2.75) is 12.7 Å². The maximum Gasteiger partial charge on any atom is 0.337 e. The first kappa shape index (κ1) is 20.9. The number of ether oxygens (including phenoxy) is 6. The van der Waals surface area contributed by atoms with Crippen LogP contribution in [0.15, 0.2) is 35.6 Å². The molecule has 3 rings (SSSR count). The van der Waals surface area contributed by atoms with Crippen LogP contribution in [0.1, 0.15) is 6.42 Å². The zero-order valence-electron chi connectivity index (χ0n) is 17.3. The zero-order valence-corrected chi connectivity index (χ0v) is 17.3. The third kappa shape index (κ3) is 3.98. The van der Waals surface area contributed by atoms with Gasteiger partial charge in [-0.05, 0) is 12.0 Å². The fourth-order valence-corrected chi connectivity index (χ4v) is 3.91. The zero-order chi connectivity index (χ0) is 21.0. The monoisotopic (exact) mass is 405 g/mol. The van der Waals surface area contributed by atoms with Crippen molar-refractivity contribution >= 4 is 11.7 Å². The molecule has 1 aromatic rings. The van der Waals surface area contributed by atoms with Crippen molar-refractivity contribution in [3.8, 4) is 17.2 Å². The Morgan fingerprint density at radius 1 is 1.10 bits per heavy atom. The van der Waals surface area contributed by atoms with Gasteiger partial charge >= 0.3 is 5.97 Å². The predicted molar refractivity (Wildman–Crippen MR) is 106 cm³/mol. The summed E-state index contributed by atoms with van der Waals surface area (Å²) < 4.78 is 32.2. The summed E-state index contributed by atoms with van der Waals surface area (Å²) in [6.07, 6.45) is 3.85. The Morgan fingerprint density at radius 3 is 2.34 bits per heavy atom. The predicted octanol–water partition coefficient (Wildman–Crippen LogP) is 2.75. The van der Waals surface area contributed by atoms with Crippen LogP contribution in [0.2, 0.25) is 0 Å². The first-order valence-electron chi connectivity index (χ1n) is 9.27. The highest BCUT2D eigenvalue weighted by Gasteiger charge is 2.44. The molecular weight excluding hydrogens is 378 g/mol. The first-order chi connectivity index (χ1) is 14.1. The summed E-state index contributed by atoms with van der Waals surface area (Å²) in [4.78, 5) is 12.1. The second-order valence-corrected chi connectivity index (χ2v) is 6.72. The number of nitrogens with one attached hydrogen (secondary N) is 1. The van der Waals surface area contributed by atoms with Crippen molar-refractivity contribution in [1.29, 1.82) is 0 Å². The molecule has 3 atom stereocenters. The first-order valence-corrected chi connectivity index (χ1v) is 9.27. The number of rotatable bonds is 8. The molecule has 1 aliphatic heterocycles. The van der Waals surface area contributed by atoms with Gasteiger partial charge in [-0.25, -0.2) is 4.79 Å². The van der Waals surface area contributed by atoms with Gasteiger partial charge < -0.3 is 33.7 Å². The number of methoxy groups -OCH3 is 5. The Labute approximate surface area is 170 Å². The molecule has 0 saturated heterocycles. The SMILES string of the molecule is COC(=O)C1=CO[C@@H](OC)C2C(CNc3cc(OC)c(OC)c(OC)c3)=CCC12. The Hall–Kier alpha value is -2.87. The summed E-state index contributed by atoms with van der Waals surface area (Å²) in [5.74, 6) is 1.20. The summed E-state index contributed by atoms with van der Waals surface area (Å²) in [6, 6.07) is 3.69. The lowest BCUT2D eigenvalue weighted by Crippen LogP contribution is -2.37. The molecule has 0 aromatic heterocycles. The van der Waals surface area contributed by atoms with E-state index in [9.17, 15) is 4.79 Å². The summed E-state index contributed by atoms with van der Waals surface area (Å²) >= 11 is 0. The van der Waals surface area contributed by atoms with E-state index in [4.69, 9.17) is 28.4 Å². The van der Waals surface area contributed by atoms with Crippen molar-refractivity contribution in [3.63, 3.8) is 0 Å². The van der Waals surface area contributed by atoms with E-state index < -0.39 is 6.29 Å². The average Bonchev–Trinajstić information content (AvgIpc) is 3.19. The topological polar surface area (TPSA) is 84.5 Å². The van der Waals surface area contributed by atoms with Crippen LogP contribution in [-0.4, -0.2) is 54.4 Å². The lowest BCUT2D eigenvalue weighted by molar-refractivity contribution is -0.146. The van der Waals surface area contributed by atoms with Gasteiger partial charge in [-0.15, -0.1) is 0 Å². The lowest BCUT2D eigenvalue weighted by Gasteiger charge is -2.34. The molecule has 158 valence electrons. The number of carbonyl (C=O) groups excluding carboxylic acids is 1. The van der Waals surface area contributed by atoms with Crippen molar-refractivity contribution in [2.75, 3.05) is 47.4 Å². The van der Waals surface area contributed by atoms with Crippen molar-refractivity contribution in [1.82, 2.24) is 0 Å². The Bertz CT molecular complexity index is 792. The number of carbonyl (C=O) groups is 1. The minimum absolute atomic E-state index is 0.0297. The van der Waals surface area contributed by atoms with Crippen LogP contribution in [-0.2, 0) is 19.0 Å². The van der Waals surface area contributed by atoms with Crippen LogP contribution in [0.5, 0.6) is 17.2 Å². The van der Waals surface area contributed by atoms with E-state index in [0.717, 1.165) is 17.7 Å². The average molecular weight is 405 g/mol. The molecule has 0 saturated carbocycles. The van der Waals surface area contributed by atoms with Gasteiger partial charge in [0.25, 0.3) is 0 Å². The van der Waals surface area contributed by atoms with E-state index in [2.05, 4.69) is 11.4 Å². The molecule has 2 unspecified atom stereocenters. The van der Waals surface area contributed by atoms with Crippen LogP contribution >= 0.6 is 0 Å². The van der Waals surface area contributed by atoms with E-state index >= 15 is 0 Å². The molecule has 0 radical (unpaired) electrons. The van der Waals surface area contributed by atoms with Gasteiger partial charge in [-0.2, -0.15) is 0 Å². The number of esters is 1. The molecule has 1 aliphatic carbocycles. The maximum absolute atomic E-state index is 12.1. The van der Waals surface area contributed by atoms with Gasteiger partial charge in [0, 0.05) is 37.4 Å². The van der Waals surface area contributed by atoms with Gasteiger partial charge in [-0.3, -0.25) is 0 Å². The van der Waals surface area contributed by atoms with Gasteiger partial charge in [-0.1, -0.05) is 6.08 Å². The Kier molecular flexibility index (Phi) is 6.53. The van der Waals surface area contributed by atoms with E-state index in [-0.39, 0.29) is 17.8 Å². The van der Waals surface area contributed by atoms with Crippen LogP contribution in [0.4, 0.5) is 5.69 Å². The van der Waals surface area contributed by atoms with Gasteiger partial charge in [0.05, 0.1) is 46.2 Å². The molecular formula is C21H27NO7. The number of hydrogen-bond acceptors (Lipinski definition) is 8. The molecule has 2 aliphatic rings. The Balaban J connectivity index is 1.78. The van der Waals surface area contributed by atoms with E-state index in [1.54, 1.807) is 28.4 Å². The fraction of sp³-hybridized carbons (Fsp3) is 0.476. The smallest absolute Gasteiger partial charge is 0.337 e. The van der Waals surface area contributed by atoms with Crippen LogP contribution in [0.3, 0.4) is 0 Å². The summed E-state index contributed by atoms with van der Waals surface area (Å²) in [7, 11) is 7.69. The van der Waals surface area contributed by atoms with E-state index in [1.165, 1.54) is 13.4 Å². The van der Waals surface area contributed by atoms with E-state index in [1.807, 2.05) is 12.1 Å². The third-order valence-electron chi connectivity index (χ3n) is 5.33. The molecule has 8 nitrogen and oxygen atoms in total. The number of hydrogen-bond donors (Lipinski definition) is 1. The minimum atomic E-state index is -0.455. The fourth-order valence-electron chi connectivity index (χ4n) is 3.91. The molecule has 0 spiro atoms. The van der Waals surface area contributed by atoms with Gasteiger partial charge in [0.1, 0.15) is 0 Å². The molecule has 1 aromatic carbocycles. The van der Waals surface area contributed by atoms with Crippen LogP contribution in [0.25, 0.3) is 0 Å². The van der Waals surface area contributed by atoms with Crippen LogP contribution < -0.4 is 19.5 Å². The van der Waals surface area contributed by atoms with Crippen molar-refractivity contribution in [3.05, 3.63) is 35.6 Å². The molecule has 1 heterocycles. The molecule has 0 bridgehead atoms. The van der Waals surface area contributed by atoms with E-state index in [0.29, 0.717) is 29.4 Å². The largest absolute Gasteiger partial charge is 0.493 e. The quantitative estimate of drug-likeness (QED) is 0.522. The maximum atomic E-state index is 12.1.